The normalized spacial score (nSPS) is 13.1. The monoisotopic (exact) mass is 506 g/mol. The van der Waals surface area contributed by atoms with Gasteiger partial charge in [0.2, 0.25) is 0 Å². The molecule has 1 saturated heterocycles. The summed E-state index contributed by atoms with van der Waals surface area (Å²) in [5, 5.41) is 3.73. The number of halogens is 1. The van der Waals surface area contributed by atoms with Crippen molar-refractivity contribution in [2.75, 3.05) is 42.4 Å². The molecule has 2 heterocycles. The molecule has 4 aromatic rings. The minimum atomic E-state index is -0.568. The van der Waals surface area contributed by atoms with E-state index in [9.17, 15) is 9.18 Å². The predicted octanol–water partition coefficient (Wildman–Crippen LogP) is 5.78. The summed E-state index contributed by atoms with van der Waals surface area (Å²) in [5.41, 5.74) is 2.83. The van der Waals surface area contributed by atoms with Crippen molar-refractivity contribution in [3.63, 3.8) is 0 Å². The van der Waals surface area contributed by atoms with E-state index in [1.54, 1.807) is 37.6 Å². The quantitative estimate of drug-likeness (QED) is 0.344. The van der Waals surface area contributed by atoms with Crippen LogP contribution in [0.3, 0.4) is 0 Å². The van der Waals surface area contributed by atoms with Gasteiger partial charge in [-0.05, 0) is 55.3 Å². The molecule has 0 atom stereocenters. The van der Waals surface area contributed by atoms with Gasteiger partial charge >= 0.3 is 0 Å². The van der Waals surface area contributed by atoms with Crippen molar-refractivity contribution in [1.29, 1.82) is 0 Å². The van der Waals surface area contributed by atoms with E-state index in [0.29, 0.717) is 36.3 Å². The number of ether oxygens (including phenoxy) is 2. The van der Waals surface area contributed by atoms with Crippen LogP contribution in [0.15, 0.2) is 72.9 Å². The van der Waals surface area contributed by atoms with Gasteiger partial charge in [0.25, 0.3) is 5.91 Å². The average Bonchev–Trinajstić information content (AvgIpc) is 2.93. The molecule has 0 unspecified atom stereocenters. The third-order valence-corrected chi connectivity index (χ3v) is 6.35. The van der Waals surface area contributed by atoms with Crippen LogP contribution >= 0.6 is 11.9 Å². The summed E-state index contributed by atoms with van der Waals surface area (Å²) >= 11 is 1.47. The van der Waals surface area contributed by atoms with Gasteiger partial charge in [-0.1, -0.05) is 30.3 Å². The van der Waals surface area contributed by atoms with Crippen molar-refractivity contribution in [2.24, 2.45) is 0 Å². The van der Waals surface area contributed by atoms with E-state index < -0.39 is 11.7 Å². The van der Waals surface area contributed by atoms with E-state index in [1.165, 1.54) is 24.1 Å². The highest BCUT2D eigenvalue weighted by Gasteiger charge is 2.17. The molecule has 3 aromatic carbocycles. The summed E-state index contributed by atoms with van der Waals surface area (Å²) < 4.78 is 26.5. The SMILES string of the molecule is CCOC.O=C(Nc1cccc(-c2ncc3ccccc3n2)c1)c1ccc(N2CCOCS2)cc1F. The lowest BCUT2D eigenvalue weighted by Gasteiger charge is -2.27. The molecule has 5 rings (SSSR count). The molecule has 186 valence electrons. The molecular weight excluding hydrogens is 479 g/mol. The van der Waals surface area contributed by atoms with E-state index in [4.69, 9.17) is 4.74 Å². The minimum absolute atomic E-state index is 0.0145. The average molecular weight is 507 g/mol. The second kappa shape index (κ2) is 12.4. The summed E-state index contributed by atoms with van der Waals surface area (Å²) in [4.78, 5) is 21.7. The van der Waals surface area contributed by atoms with Gasteiger partial charge in [-0.3, -0.25) is 4.79 Å². The summed E-state index contributed by atoms with van der Waals surface area (Å²) in [6.45, 7) is 4.04. The first-order chi connectivity index (χ1) is 17.6. The van der Waals surface area contributed by atoms with E-state index in [1.807, 2.05) is 41.6 Å². The Kier molecular flexibility index (Phi) is 8.83. The first kappa shape index (κ1) is 25.6. The standard InChI is InChI=1S/C24H19FN4O2S.C3H8O/c25-21-13-19(29-10-11-31-15-32-29)8-9-20(21)24(30)27-18-6-3-5-16(12-18)23-26-14-17-4-1-2-7-22(17)28-23;1-3-4-2/h1-9,12-14H,10-11,15H2,(H,27,30);3H2,1-2H3. The van der Waals surface area contributed by atoms with Crippen molar-refractivity contribution in [1.82, 2.24) is 9.97 Å². The maximum absolute atomic E-state index is 14.7. The third-order valence-electron chi connectivity index (χ3n) is 5.37. The molecule has 9 heteroatoms. The van der Waals surface area contributed by atoms with Crippen LogP contribution in [0.2, 0.25) is 0 Å². The molecule has 36 heavy (non-hydrogen) atoms. The number of para-hydroxylation sites is 1. The molecule has 1 aliphatic rings. The number of hydrogen-bond donors (Lipinski definition) is 1. The second-order valence-electron chi connectivity index (χ2n) is 7.79. The van der Waals surface area contributed by atoms with Crippen LogP contribution in [0.4, 0.5) is 15.8 Å². The van der Waals surface area contributed by atoms with Gasteiger partial charge < -0.3 is 19.1 Å². The molecule has 7 nitrogen and oxygen atoms in total. The van der Waals surface area contributed by atoms with Gasteiger partial charge in [0.15, 0.2) is 5.82 Å². The maximum Gasteiger partial charge on any atom is 0.258 e. The predicted molar refractivity (Wildman–Crippen MR) is 143 cm³/mol. The number of amides is 1. The summed E-state index contributed by atoms with van der Waals surface area (Å²) in [7, 11) is 1.68. The Labute approximate surface area is 213 Å². The Bertz CT molecular complexity index is 1330. The third kappa shape index (κ3) is 6.37. The van der Waals surface area contributed by atoms with E-state index in [2.05, 4.69) is 20.0 Å². The van der Waals surface area contributed by atoms with Crippen molar-refractivity contribution in [3.8, 4) is 11.4 Å². The molecule has 1 fully saturated rings. The highest BCUT2D eigenvalue weighted by Crippen LogP contribution is 2.27. The minimum Gasteiger partial charge on any atom is -0.385 e. The Morgan fingerprint density at radius 3 is 2.75 bits per heavy atom. The Balaban J connectivity index is 0.000000709. The van der Waals surface area contributed by atoms with Crippen molar-refractivity contribution < 1.29 is 18.7 Å². The first-order valence-electron chi connectivity index (χ1n) is 11.5. The lowest BCUT2D eigenvalue weighted by atomic mass is 10.1. The molecule has 1 aliphatic heterocycles. The number of nitrogens with one attached hydrogen (secondary N) is 1. The number of fused-ring (bicyclic) bond motifs is 1. The van der Waals surface area contributed by atoms with Gasteiger partial charge in [-0.15, -0.1) is 0 Å². The van der Waals surface area contributed by atoms with Gasteiger partial charge in [0, 0.05) is 36.6 Å². The molecule has 1 aromatic heterocycles. The van der Waals surface area contributed by atoms with Crippen LogP contribution in [0, 0.1) is 5.82 Å². The van der Waals surface area contributed by atoms with E-state index in [0.717, 1.165) is 23.1 Å². The highest BCUT2D eigenvalue weighted by molar-refractivity contribution is 8.00. The molecule has 1 amide bonds. The lowest BCUT2D eigenvalue weighted by Crippen LogP contribution is -2.26. The van der Waals surface area contributed by atoms with Gasteiger partial charge in [-0.2, -0.15) is 0 Å². The number of carbonyl (C=O) groups excluding carboxylic acids is 1. The fourth-order valence-electron chi connectivity index (χ4n) is 3.46. The Morgan fingerprint density at radius 2 is 2.00 bits per heavy atom. The van der Waals surface area contributed by atoms with Crippen LogP contribution < -0.4 is 9.62 Å². The van der Waals surface area contributed by atoms with Gasteiger partial charge in [0.1, 0.15) is 11.8 Å². The fourth-order valence-corrected chi connectivity index (χ4v) is 4.25. The van der Waals surface area contributed by atoms with Crippen molar-refractivity contribution in [3.05, 3.63) is 84.3 Å². The molecule has 0 bridgehead atoms. The largest absolute Gasteiger partial charge is 0.385 e. The van der Waals surface area contributed by atoms with Crippen LogP contribution in [-0.4, -0.2) is 48.7 Å². The summed E-state index contributed by atoms with van der Waals surface area (Å²) in [6.07, 6.45) is 1.77. The lowest BCUT2D eigenvalue weighted by molar-refractivity contribution is 0.102. The highest BCUT2D eigenvalue weighted by atomic mass is 32.2. The zero-order valence-electron chi connectivity index (χ0n) is 20.1. The number of carbonyl (C=O) groups is 1. The van der Waals surface area contributed by atoms with Crippen LogP contribution in [0.5, 0.6) is 0 Å². The fraction of sp³-hybridized carbons (Fsp3) is 0.222. The van der Waals surface area contributed by atoms with Gasteiger partial charge in [-0.25, -0.2) is 14.4 Å². The number of rotatable bonds is 5. The van der Waals surface area contributed by atoms with Crippen molar-refractivity contribution in [2.45, 2.75) is 6.92 Å². The second-order valence-corrected chi connectivity index (χ2v) is 8.72. The Hall–Kier alpha value is -3.53. The smallest absolute Gasteiger partial charge is 0.258 e. The first-order valence-corrected chi connectivity index (χ1v) is 12.4. The molecule has 1 N–H and O–H groups in total. The topological polar surface area (TPSA) is 76.6 Å². The van der Waals surface area contributed by atoms with E-state index >= 15 is 0 Å². The van der Waals surface area contributed by atoms with Crippen LogP contribution in [-0.2, 0) is 9.47 Å². The molecule has 0 saturated carbocycles. The van der Waals surface area contributed by atoms with Crippen molar-refractivity contribution >= 4 is 40.1 Å². The number of hydrogen-bond acceptors (Lipinski definition) is 7. The molecule has 0 spiro atoms. The number of aromatic nitrogens is 2. The van der Waals surface area contributed by atoms with E-state index in [-0.39, 0.29) is 5.56 Å². The van der Waals surface area contributed by atoms with Gasteiger partial charge in [0.05, 0.1) is 29.9 Å². The van der Waals surface area contributed by atoms with Crippen LogP contribution in [0.25, 0.3) is 22.3 Å². The summed E-state index contributed by atoms with van der Waals surface area (Å²) in [5.74, 6) is 0.000845. The van der Waals surface area contributed by atoms with Crippen LogP contribution in [0.1, 0.15) is 17.3 Å². The number of nitrogens with zero attached hydrogens (tertiary/aromatic N) is 3. The zero-order valence-corrected chi connectivity index (χ0v) is 20.9. The molecule has 0 aliphatic carbocycles. The Morgan fingerprint density at radius 1 is 1.17 bits per heavy atom. The number of anilines is 2. The maximum atomic E-state index is 14.7. The number of methoxy groups -OCH3 is 1. The zero-order chi connectivity index (χ0) is 25.3. The number of benzene rings is 3. The molecular formula is C27H27FN4O3S. The summed E-state index contributed by atoms with van der Waals surface area (Å²) in [6, 6.07) is 19.6. The molecule has 0 radical (unpaired) electrons.